The molecule has 23 heavy (non-hydrogen) atoms. The molecule has 0 saturated carbocycles. The van der Waals surface area contributed by atoms with Gasteiger partial charge in [-0.25, -0.2) is 0 Å². The Balaban J connectivity index is 1.50. The molecule has 2 atom stereocenters. The van der Waals surface area contributed by atoms with Crippen LogP contribution in [0.15, 0.2) is 47.1 Å². The lowest BCUT2D eigenvalue weighted by Crippen LogP contribution is -2.32. The Labute approximate surface area is 136 Å². The van der Waals surface area contributed by atoms with Gasteiger partial charge >= 0.3 is 0 Å². The van der Waals surface area contributed by atoms with Gasteiger partial charge in [-0.3, -0.25) is 4.79 Å². The average Bonchev–Trinajstić information content (AvgIpc) is 3.26. The third kappa shape index (κ3) is 2.74. The van der Waals surface area contributed by atoms with Gasteiger partial charge in [-0.2, -0.15) is 0 Å². The predicted octanol–water partition coefficient (Wildman–Crippen LogP) is 3.90. The molecule has 0 spiro atoms. The van der Waals surface area contributed by atoms with Crippen LogP contribution in [-0.2, 0) is 4.79 Å². The fraction of sp³-hybridized carbons (Fsp3) is 0.421. The molecule has 2 aliphatic heterocycles. The fourth-order valence-corrected chi connectivity index (χ4v) is 3.80. The van der Waals surface area contributed by atoms with Crippen LogP contribution in [-0.4, -0.2) is 24.0 Å². The van der Waals surface area contributed by atoms with Gasteiger partial charge in [0.15, 0.2) is 0 Å². The maximum atomic E-state index is 12.9. The highest BCUT2D eigenvalue weighted by atomic mass is 16.5. The molecule has 4 rings (SSSR count). The number of furan rings is 1. The predicted molar refractivity (Wildman–Crippen MR) is 86.3 cm³/mol. The van der Waals surface area contributed by atoms with E-state index >= 15 is 0 Å². The maximum absolute atomic E-state index is 12.9. The third-order valence-electron chi connectivity index (χ3n) is 4.95. The largest absolute Gasteiger partial charge is 0.493 e. The number of fused-ring (bicyclic) bond motifs is 1. The Hall–Kier alpha value is -2.23. The molecule has 1 fully saturated rings. The van der Waals surface area contributed by atoms with Crippen LogP contribution in [0.1, 0.15) is 49.0 Å². The van der Waals surface area contributed by atoms with Crippen molar-refractivity contribution in [3.05, 3.63) is 54.0 Å². The highest BCUT2D eigenvalue weighted by molar-refractivity contribution is 5.78. The number of amides is 1. The Morgan fingerprint density at radius 1 is 1.17 bits per heavy atom. The molecule has 4 nitrogen and oxygen atoms in total. The van der Waals surface area contributed by atoms with Gasteiger partial charge in [0, 0.05) is 13.0 Å². The van der Waals surface area contributed by atoms with Gasteiger partial charge in [0.1, 0.15) is 11.5 Å². The van der Waals surface area contributed by atoms with E-state index in [1.54, 1.807) is 6.26 Å². The molecule has 0 aliphatic carbocycles. The summed E-state index contributed by atoms with van der Waals surface area (Å²) in [5.74, 6) is 2.32. The van der Waals surface area contributed by atoms with Crippen LogP contribution in [0.2, 0.25) is 0 Å². The van der Waals surface area contributed by atoms with Gasteiger partial charge in [0.25, 0.3) is 0 Å². The normalized spacial score (nSPS) is 23.4. The van der Waals surface area contributed by atoms with Crippen molar-refractivity contribution < 1.29 is 13.9 Å². The van der Waals surface area contributed by atoms with Crippen LogP contribution in [0.5, 0.6) is 5.75 Å². The molecular formula is C19H21NO3. The second-order valence-electron chi connectivity index (χ2n) is 6.34. The molecule has 3 heterocycles. The number of nitrogens with zero attached hydrogens (tertiary/aromatic N) is 1. The summed E-state index contributed by atoms with van der Waals surface area (Å²) in [5.41, 5.74) is 1.17. The van der Waals surface area contributed by atoms with Gasteiger partial charge in [0.05, 0.1) is 18.9 Å². The van der Waals surface area contributed by atoms with Crippen LogP contribution in [0.4, 0.5) is 0 Å². The molecule has 0 unspecified atom stereocenters. The third-order valence-corrected chi connectivity index (χ3v) is 4.95. The minimum atomic E-state index is 0.104. The van der Waals surface area contributed by atoms with Crippen LogP contribution in [0.25, 0.3) is 0 Å². The summed E-state index contributed by atoms with van der Waals surface area (Å²) in [6, 6.07) is 12.1. The van der Waals surface area contributed by atoms with Crippen molar-refractivity contribution in [1.82, 2.24) is 4.90 Å². The van der Waals surface area contributed by atoms with E-state index in [4.69, 9.17) is 9.15 Å². The van der Waals surface area contributed by atoms with Crippen molar-refractivity contribution in [2.75, 3.05) is 13.2 Å². The van der Waals surface area contributed by atoms with Crippen molar-refractivity contribution in [2.24, 2.45) is 0 Å². The van der Waals surface area contributed by atoms with Gasteiger partial charge in [0.2, 0.25) is 5.91 Å². The number of para-hydroxylation sites is 1. The molecule has 1 amide bonds. The van der Waals surface area contributed by atoms with E-state index in [9.17, 15) is 4.79 Å². The van der Waals surface area contributed by atoms with Gasteiger partial charge in [-0.05, 0) is 48.9 Å². The molecule has 1 aromatic heterocycles. The Kier molecular flexibility index (Phi) is 3.82. The second kappa shape index (κ2) is 6.11. The first-order valence-electron chi connectivity index (χ1n) is 8.37. The molecule has 0 N–H and O–H groups in total. The SMILES string of the molecule is O=C(C[C@H]1CCOc2ccccc21)N1CCC[C@@H]1c1ccco1. The molecule has 4 heteroatoms. The van der Waals surface area contributed by atoms with E-state index in [-0.39, 0.29) is 17.9 Å². The fourth-order valence-electron chi connectivity index (χ4n) is 3.80. The molecule has 1 saturated heterocycles. The summed E-state index contributed by atoms with van der Waals surface area (Å²) in [5, 5.41) is 0. The minimum absolute atomic E-state index is 0.104. The van der Waals surface area contributed by atoms with Crippen molar-refractivity contribution in [3.63, 3.8) is 0 Å². The summed E-state index contributed by atoms with van der Waals surface area (Å²) >= 11 is 0. The van der Waals surface area contributed by atoms with Crippen molar-refractivity contribution in [1.29, 1.82) is 0 Å². The highest BCUT2D eigenvalue weighted by Gasteiger charge is 2.33. The zero-order valence-corrected chi connectivity index (χ0v) is 13.1. The van der Waals surface area contributed by atoms with Crippen molar-refractivity contribution >= 4 is 5.91 Å². The molecule has 0 radical (unpaired) electrons. The molecule has 0 bridgehead atoms. The van der Waals surface area contributed by atoms with E-state index in [2.05, 4.69) is 6.07 Å². The highest BCUT2D eigenvalue weighted by Crippen LogP contribution is 2.38. The van der Waals surface area contributed by atoms with E-state index in [0.717, 1.165) is 37.3 Å². The Morgan fingerprint density at radius 3 is 2.96 bits per heavy atom. The van der Waals surface area contributed by atoms with Gasteiger partial charge in [-0.1, -0.05) is 18.2 Å². The van der Waals surface area contributed by atoms with Crippen molar-refractivity contribution in [2.45, 2.75) is 37.6 Å². The molecule has 1 aromatic carbocycles. The van der Waals surface area contributed by atoms with Crippen LogP contribution in [0, 0.1) is 0 Å². The number of carbonyl (C=O) groups is 1. The van der Waals surface area contributed by atoms with E-state index in [1.165, 1.54) is 5.56 Å². The van der Waals surface area contributed by atoms with Gasteiger partial charge < -0.3 is 14.1 Å². The summed E-state index contributed by atoms with van der Waals surface area (Å²) in [6.45, 7) is 1.52. The summed E-state index contributed by atoms with van der Waals surface area (Å²) in [6.07, 6.45) is 5.18. The lowest BCUT2D eigenvalue weighted by atomic mass is 9.89. The maximum Gasteiger partial charge on any atom is 0.223 e. The number of rotatable bonds is 3. The summed E-state index contributed by atoms with van der Waals surface area (Å²) in [7, 11) is 0. The zero-order valence-electron chi connectivity index (χ0n) is 13.1. The first kappa shape index (κ1) is 14.4. The second-order valence-corrected chi connectivity index (χ2v) is 6.34. The summed E-state index contributed by atoms with van der Waals surface area (Å²) in [4.78, 5) is 14.9. The van der Waals surface area contributed by atoms with E-state index in [0.29, 0.717) is 13.0 Å². The topological polar surface area (TPSA) is 42.7 Å². The standard InChI is InChI=1S/C19H21NO3/c21-19(20-10-3-6-16(20)18-8-4-11-22-18)13-14-9-12-23-17-7-2-1-5-15(14)17/h1-2,4-5,7-8,11,14,16H,3,6,9-10,12-13H2/t14-,16-/m1/s1. The van der Waals surface area contributed by atoms with E-state index < -0.39 is 0 Å². The monoisotopic (exact) mass is 311 g/mol. The number of benzene rings is 1. The zero-order chi connectivity index (χ0) is 15.6. The summed E-state index contributed by atoms with van der Waals surface area (Å²) < 4.78 is 11.2. The van der Waals surface area contributed by atoms with Crippen LogP contribution < -0.4 is 4.74 Å². The van der Waals surface area contributed by atoms with Crippen LogP contribution >= 0.6 is 0 Å². The van der Waals surface area contributed by atoms with Gasteiger partial charge in [-0.15, -0.1) is 0 Å². The number of hydrogen-bond donors (Lipinski definition) is 0. The molecular weight excluding hydrogens is 290 g/mol. The lowest BCUT2D eigenvalue weighted by Gasteiger charge is -2.29. The Morgan fingerprint density at radius 2 is 2.09 bits per heavy atom. The number of likely N-dealkylation sites (tertiary alicyclic amines) is 1. The first-order valence-corrected chi connectivity index (χ1v) is 8.37. The quantitative estimate of drug-likeness (QED) is 0.863. The van der Waals surface area contributed by atoms with E-state index in [1.807, 2.05) is 35.2 Å². The van der Waals surface area contributed by atoms with Crippen LogP contribution in [0.3, 0.4) is 0 Å². The molecule has 2 aliphatic rings. The minimum Gasteiger partial charge on any atom is -0.493 e. The number of carbonyl (C=O) groups excluding carboxylic acids is 1. The first-order chi connectivity index (χ1) is 11.3. The average molecular weight is 311 g/mol. The Bertz CT molecular complexity index is 680. The number of hydrogen-bond acceptors (Lipinski definition) is 3. The smallest absolute Gasteiger partial charge is 0.223 e. The molecule has 120 valence electrons. The van der Waals surface area contributed by atoms with Crippen molar-refractivity contribution in [3.8, 4) is 5.75 Å². The lowest BCUT2D eigenvalue weighted by molar-refractivity contribution is -0.133. The number of ether oxygens (including phenoxy) is 1. The molecule has 2 aromatic rings.